The Morgan fingerprint density at radius 3 is 2.61 bits per heavy atom. The highest BCUT2D eigenvalue weighted by molar-refractivity contribution is 6.48. The Hall–Kier alpha value is -2.57. The number of piperidine rings is 1. The zero-order valence-corrected chi connectivity index (χ0v) is 25.4. The van der Waals surface area contributed by atoms with Crippen molar-refractivity contribution in [1.82, 2.24) is 15.5 Å². The van der Waals surface area contributed by atoms with Gasteiger partial charge in [-0.2, -0.15) is 5.26 Å². The van der Waals surface area contributed by atoms with Crippen molar-refractivity contribution in [1.29, 1.82) is 5.26 Å². The van der Waals surface area contributed by atoms with Gasteiger partial charge >= 0.3 is 13.1 Å². The second-order valence-electron chi connectivity index (χ2n) is 14.0. The molecule has 2 bridgehead atoms. The molecular formula is C32H47BN4O4. The molecule has 3 saturated carbocycles. The van der Waals surface area contributed by atoms with E-state index < -0.39 is 13.0 Å². The number of hydrogen-bond acceptors (Lipinski definition) is 5. The van der Waals surface area contributed by atoms with Gasteiger partial charge in [0.25, 0.3) is 0 Å². The van der Waals surface area contributed by atoms with Crippen LogP contribution in [-0.4, -0.2) is 60.7 Å². The summed E-state index contributed by atoms with van der Waals surface area (Å²) in [7, 11) is -0.536. The van der Waals surface area contributed by atoms with Crippen molar-refractivity contribution >= 4 is 19.1 Å². The molecule has 2 saturated heterocycles. The van der Waals surface area contributed by atoms with Crippen LogP contribution in [0.3, 0.4) is 0 Å². The quantitative estimate of drug-likeness (QED) is 0.424. The fourth-order valence-corrected chi connectivity index (χ4v) is 7.97. The lowest BCUT2D eigenvalue weighted by Crippen LogP contribution is -2.65. The number of likely N-dealkylation sites (tertiary alicyclic amines) is 1. The van der Waals surface area contributed by atoms with Crippen LogP contribution in [0.1, 0.15) is 78.7 Å². The SMILES string of the molecule is CC(C)CC(C#N)C(=O)N1CCCC[C@@H]1CNC(=O)N[C@@H](Cc1ccccc1)B1O[C@@H]2C[C@@H]3C[C@@H](C3(C)C)[C@]2(C)O1. The van der Waals surface area contributed by atoms with Crippen LogP contribution in [0.2, 0.25) is 0 Å². The van der Waals surface area contributed by atoms with E-state index in [1.54, 1.807) is 0 Å². The van der Waals surface area contributed by atoms with E-state index in [4.69, 9.17) is 9.31 Å². The largest absolute Gasteiger partial charge is 0.482 e. The van der Waals surface area contributed by atoms with Gasteiger partial charge in [0.15, 0.2) is 0 Å². The molecule has 2 N–H and O–H groups in total. The number of carbonyl (C=O) groups is 2. The van der Waals surface area contributed by atoms with Gasteiger partial charge in [-0.3, -0.25) is 4.79 Å². The first kappa shape index (κ1) is 29.9. The molecule has 2 aliphatic heterocycles. The molecule has 41 heavy (non-hydrogen) atoms. The minimum absolute atomic E-state index is 0.0353. The Morgan fingerprint density at radius 2 is 1.93 bits per heavy atom. The Balaban J connectivity index is 1.24. The second-order valence-corrected chi connectivity index (χ2v) is 14.0. The topological polar surface area (TPSA) is 104 Å². The molecule has 2 heterocycles. The lowest BCUT2D eigenvalue weighted by molar-refractivity contribution is -0.199. The van der Waals surface area contributed by atoms with E-state index in [2.05, 4.69) is 49.6 Å². The summed E-state index contributed by atoms with van der Waals surface area (Å²) < 4.78 is 13.3. The Kier molecular flexibility index (Phi) is 8.73. The maximum absolute atomic E-state index is 13.3. The summed E-state index contributed by atoms with van der Waals surface area (Å²) in [4.78, 5) is 28.4. The third-order valence-electron chi connectivity index (χ3n) is 10.5. The average Bonchev–Trinajstić information content (AvgIpc) is 3.32. The molecule has 5 fully saturated rings. The highest BCUT2D eigenvalue weighted by Gasteiger charge is 2.68. The molecule has 8 nitrogen and oxygen atoms in total. The van der Waals surface area contributed by atoms with Crippen molar-refractivity contribution in [3.63, 3.8) is 0 Å². The van der Waals surface area contributed by atoms with Crippen LogP contribution in [-0.2, 0) is 20.5 Å². The molecule has 0 radical (unpaired) electrons. The number of rotatable bonds is 9. The zero-order valence-electron chi connectivity index (χ0n) is 25.4. The summed E-state index contributed by atoms with van der Waals surface area (Å²) in [6.07, 6.45) is 6.07. The highest BCUT2D eigenvalue weighted by atomic mass is 16.7. The molecule has 1 aromatic rings. The number of urea groups is 1. The van der Waals surface area contributed by atoms with E-state index in [1.165, 1.54) is 6.42 Å². The van der Waals surface area contributed by atoms with Gasteiger partial charge in [0, 0.05) is 19.1 Å². The van der Waals surface area contributed by atoms with E-state index in [-0.39, 0.29) is 47.0 Å². The molecule has 7 atom stereocenters. The van der Waals surface area contributed by atoms with Gasteiger partial charge in [-0.1, -0.05) is 58.0 Å². The van der Waals surface area contributed by atoms with Crippen LogP contribution >= 0.6 is 0 Å². The summed E-state index contributed by atoms with van der Waals surface area (Å²) in [6, 6.07) is 11.9. The molecular weight excluding hydrogens is 515 g/mol. The molecule has 0 aromatic heterocycles. The molecule has 3 aliphatic carbocycles. The third-order valence-corrected chi connectivity index (χ3v) is 10.5. The molecule has 5 aliphatic rings. The van der Waals surface area contributed by atoms with Crippen molar-refractivity contribution in [3.8, 4) is 6.07 Å². The average molecular weight is 563 g/mol. The fraction of sp³-hybridized carbons (Fsp3) is 0.719. The van der Waals surface area contributed by atoms with E-state index >= 15 is 0 Å². The van der Waals surface area contributed by atoms with E-state index in [0.717, 1.165) is 31.2 Å². The number of benzene rings is 1. The summed E-state index contributed by atoms with van der Waals surface area (Å²) >= 11 is 0. The number of nitrogens with zero attached hydrogens (tertiary/aromatic N) is 2. The fourth-order valence-electron chi connectivity index (χ4n) is 7.97. The van der Waals surface area contributed by atoms with Crippen molar-refractivity contribution in [2.75, 3.05) is 13.1 Å². The van der Waals surface area contributed by atoms with Gasteiger partial charge in [0.2, 0.25) is 5.91 Å². The van der Waals surface area contributed by atoms with Crippen molar-refractivity contribution in [2.24, 2.45) is 29.1 Å². The summed E-state index contributed by atoms with van der Waals surface area (Å²) in [5.74, 6) is 0.243. The van der Waals surface area contributed by atoms with Gasteiger partial charge in [-0.15, -0.1) is 0 Å². The molecule has 222 valence electrons. The highest BCUT2D eigenvalue weighted by Crippen LogP contribution is 2.65. The van der Waals surface area contributed by atoms with Crippen LogP contribution in [0.5, 0.6) is 0 Å². The number of carbonyl (C=O) groups excluding carboxylic acids is 2. The molecule has 1 unspecified atom stereocenters. The first-order valence-corrected chi connectivity index (χ1v) is 15.6. The number of amides is 3. The van der Waals surface area contributed by atoms with Crippen LogP contribution < -0.4 is 10.6 Å². The van der Waals surface area contributed by atoms with E-state index in [0.29, 0.717) is 37.8 Å². The van der Waals surface area contributed by atoms with Gasteiger partial charge < -0.3 is 24.8 Å². The zero-order chi connectivity index (χ0) is 29.4. The predicted molar refractivity (Wildman–Crippen MR) is 158 cm³/mol. The van der Waals surface area contributed by atoms with Gasteiger partial charge in [-0.25, -0.2) is 4.79 Å². The van der Waals surface area contributed by atoms with E-state index in [9.17, 15) is 14.9 Å². The van der Waals surface area contributed by atoms with Gasteiger partial charge in [0.1, 0.15) is 5.92 Å². The Morgan fingerprint density at radius 1 is 1.17 bits per heavy atom. The molecule has 0 spiro atoms. The predicted octanol–water partition coefficient (Wildman–Crippen LogP) is 4.73. The van der Waals surface area contributed by atoms with Crippen molar-refractivity contribution in [2.45, 2.75) is 103 Å². The first-order valence-electron chi connectivity index (χ1n) is 15.6. The number of nitriles is 1. The van der Waals surface area contributed by atoms with Crippen molar-refractivity contribution < 1.29 is 18.9 Å². The smallest absolute Gasteiger partial charge is 0.404 e. The lowest BCUT2D eigenvalue weighted by Gasteiger charge is -2.64. The minimum atomic E-state index is -0.641. The van der Waals surface area contributed by atoms with Crippen LogP contribution in [0.25, 0.3) is 0 Å². The summed E-state index contributed by atoms with van der Waals surface area (Å²) in [5.41, 5.74) is 0.991. The van der Waals surface area contributed by atoms with Crippen LogP contribution in [0.4, 0.5) is 4.79 Å². The minimum Gasteiger partial charge on any atom is -0.404 e. The Labute approximate surface area is 246 Å². The first-order chi connectivity index (χ1) is 19.5. The number of nitrogens with one attached hydrogen (secondary N) is 2. The standard InChI is InChI=1S/C32H47BN4O4/c1-21(2)15-23(19-34)29(38)37-14-10-9-13-25(37)20-35-30(39)36-28(16-22-11-7-6-8-12-22)33-40-27-18-24-17-26(31(24,3)4)32(27,5)41-33/h6-8,11-12,21,23-28H,9-10,13-18,20H2,1-5H3,(H2,35,36,39)/t23?,24-,25+,26-,27+,28-,32-/m0/s1. The monoisotopic (exact) mass is 562 g/mol. The summed E-state index contributed by atoms with van der Waals surface area (Å²) in [6.45, 7) is 11.9. The molecule has 3 amide bonds. The number of hydrogen-bond donors (Lipinski definition) is 2. The maximum Gasteiger partial charge on any atom is 0.482 e. The molecule has 9 heteroatoms. The maximum atomic E-state index is 13.3. The Bertz CT molecular complexity index is 1140. The van der Waals surface area contributed by atoms with E-state index in [1.807, 2.05) is 36.9 Å². The third kappa shape index (κ3) is 6.01. The van der Waals surface area contributed by atoms with Crippen LogP contribution in [0.15, 0.2) is 30.3 Å². The van der Waals surface area contributed by atoms with Crippen molar-refractivity contribution in [3.05, 3.63) is 35.9 Å². The second kappa shape index (κ2) is 12.0. The van der Waals surface area contributed by atoms with Crippen LogP contribution in [0, 0.1) is 40.4 Å². The molecule has 6 rings (SSSR count). The summed E-state index contributed by atoms with van der Waals surface area (Å²) in [5, 5.41) is 15.9. The lowest BCUT2D eigenvalue weighted by atomic mass is 9.43. The normalized spacial score (nSPS) is 31.4. The molecule has 1 aromatic carbocycles. The van der Waals surface area contributed by atoms with Gasteiger partial charge in [0.05, 0.1) is 23.7 Å². The van der Waals surface area contributed by atoms with Gasteiger partial charge in [-0.05, 0) is 80.6 Å².